The molecule has 0 fully saturated rings. The highest BCUT2D eigenvalue weighted by Crippen LogP contribution is 2.37. The molecule has 24 heavy (non-hydrogen) atoms. The van der Waals surface area contributed by atoms with Gasteiger partial charge in [0.2, 0.25) is 5.91 Å². The summed E-state index contributed by atoms with van der Waals surface area (Å²) in [6.07, 6.45) is 0.588. The van der Waals surface area contributed by atoms with Gasteiger partial charge in [0.15, 0.2) is 0 Å². The quantitative estimate of drug-likeness (QED) is 0.897. The van der Waals surface area contributed by atoms with Crippen molar-refractivity contribution in [2.45, 2.75) is 58.9 Å². The van der Waals surface area contributed by atoms with Crippen LogP contribution in [0.3, 0.4) is 0 Å². The van der Waals surface area contributed by atoms with Crippen molar-refractivity contribution in [2.24, 2.45) is 5.73 Å². The highest BCUT2D eigenvalue weighted by molar-refractivity contribution is 7.18. The normalized spacial score (nSPS) is 16.5. The van der Waals surface area contributed by atoms with E-state index in [1.54, 1.807) is 13.8 Å². The minimum absolute atomic E-state index is 0.244. The molecular weight excluding hydrogens is 330 g/mol. The fourth-order valence-corrected chi connectivity index (χ4v) is 4.34. The summed E-state index contributed by atoms with van der Waals surface area (Å²) in [5.74, 6) is -0.615. The van der Waals surface area contributed by atoms with Crippen LogP contribution in [0.4, 0.5) is 0 Å². The van der Waals surface area contributed by atoms with Gasteiger partial charge in [0.25, 0.3) is 5.56 Å². The molecule has 1 aliphatic heterocycles. The van der Waals surface area contributed by atoms with Crippen LogP contribution in [0.1, 0.15) is 44.2 Å². The number of hydrogen-bond acceptors (Lipinski definition) is 5. The first-order valence-corrected chi connectivity index (χ1v) is 8.66. The summed E-state index contributed by atoms with van der Waals surface area (Å²) in [5, 5.41) is 0.515. The summed E-state index contributed by atoms with van der Waals surface area (Å²) in [7, 11) is 0. The Morgan fingerprint density at radius 3 is 2.62 bits per heavy atom. The predicted molar refractivity (Wildman–Crippen MR) is 92.5 cm³/mol. The fourth-order valence-electron chi connectivity index (χ4n) is 3.12. The SMILES string of the molecule is CC(C)n1c(=O)c2c3c(sc2n(CC(N)=O)c1=O)COC(C)(C)C3. The van der Waals surface area contributed by atoms with E-state index < -0.39 is 11.6 Å². The molecule has 7 nitrogen and oxygen atoms in total. The van der Waals surface area contributed by atoms with Crippen molar-refractivity contribution in [3.63, 3.8) is 0 Å². The molecule has 0 saturated heterocycles. The molecule has 0 atom stereocenters. The van der Waals surface area contributed by atoms with Crippen LogP contribution in [0.15, 0.2) is 9.59 Å². The van der Waals surface area contributed by atoms with Crippen LogP contribution in [-0.4, -0.2) is 20.6 Å². The van der Waals surface area contributed by atoms with Gasteiger partial charge in [-0.15, -0.1) is 11.3 Å². The lowest BCUT2D eigenvalue weighted by molar-refractivity contribution is -0.118. The number of aromatic nitrogens is 2. The number of primary amides is 1. The molecule has 0 radical (unpaired) electrons. The van der Waals surface area contributed by atoms with Crippen molar-refractivity contribution in [2.75, 3.05) is 0 Å². The van der Waals surface area contributed by atoms with Crippen LogP contribution in [0.5, 0.6) is 0 Å². The molecule has 130 valence electrons. The maximum atomic E-state index is 13.0. The van der Waals surface area contributed by atoms with Crippen molar-refractivity contribution < 1.29 is 9.53 Å². The first-order chi connectivity index (χ1) is 11.1. The molecule has 1 aliphatic rings. The van der Waals surface area contributed by atoms with Crippen LogP contribution in [0, 0.1) is 0 Å². The Labute approximate surface area is 142 Å². The third-order valence-electron chi connectivity index (χ3n) is 4.21. The van der Waals surface area contributed by atoms with Crippen LogP contribution in [-0.2, 0) is 29.1 Å². The summed E-state index contributed by atoms with van der Waals surface area (Å²) in [5.41, 5.74) is 5.05. The van der Waals surface area contributed by atoms with Gasteiger partial charge in [-0.05, 0) is 33.3 Å². The van der Waals surface area contributed by atoms with Crippen LogP contribution < -0.4 is 17.0 Å². The summed E-state index contributed by atoms with van der Waals surface area (Å²) in [6.45, 7) is 7.64. The Morgan fingerprint density at radius 1 is 1.38 bits per heavy atom. The molecule has 3 heterocycles. The van der Waals surface area contributed by atoms with Crippen molar-refractivity contribution in [1.82, 2.24) is 9.13 Å². The number of nitrogens with zero attached hydrogens (tertiary/aromatic N) is 2. The molecule has 0 saturated carbocycles. The van der Waals surface area contributed by atoms with Crippen LogP contribution in [0.2, 0.25) is 0 Å². The first-order valence-electron chi connectivity index (χ1n) is 7.84. The van der Waals surface area contributed by atoms with Crippen molar-refractivity contribution in [3.05, 3.63) is 31.3 Å². The Kier molecular flexibility index (Phi) is 3.92. The number of amides is 1. The van der Waals surface area contributed by atoms with Gasteiger partial charge in [0.1, 0.15) is 11.4 Å². The highest BCUT2D eigenvalue weighted by atomic mass is 32.1. The summed E-state index contributed by atoms with van der Waals surface area (Å²) in [6, 6.07) is -0.308. The van der Waals surface area contributed by atoms with E-state index >= 15 is 0 Å². The van der Waals surface area contributed by atoms with E-state index in [-0.39, 0.29) is 23.7 Å². The summed E-state index contributed by atoms with van der Waals surface area (Å²) >= 11 is 1.33. The standard InChI is InChI=1S/C16H21N3O4S/c1-8(2)19-13(21)12-9-5-16(3,4)23-7-10(9)24-14(12)18(15(19)22)6-11(17)20/h8H,5-7H2,1-4H3,(H2,17,20). The number of ether oxygens (including phenoxy) is 1. The van der Waals surface area contributed by atoms with Gasteiger partial charge in [-0.3, -0.25) is 18.7 Å². The molecule has 0 spiro atoms. The molecule has 0 aliphatic carbocycles. The third kappa shape index (κ3) is 2.59. The number of fused-ring (bicyclic) bond motifs is 3. The van der Waals surface area contributed by atoms with Crippen molar-refractivity contribution >= 4 is 27.5 Å². The van der Waals surface area contributed by atoms with Crippen molar-refractivity contribution in [1.29, 1.82) is 0 Å². The molecule has 0 unspecified atom stereocenters. The van der Waals surface area contributed by atoms with E-state index in [4.69, 9.17) is 10.5 Å². The summed E-state index contributed by atoms with van der Waals surface area (Å²) < 4.78 is 8.32. The average Bonchev–Trinajstić information content (AvgIpc) is 2.80. The zero-order valence-electron chi connectivity index (χ0n) is 14.2. The van der Waals surface area contributed by atoms with Gasteiger partial charge in [0, 0.05) is 17.3 Å². The lowest BCUT2D eigenvalue weighted by atomic mass is 9.94. The second-order valence-corrected chi connectivity index (χ2v) is 8.10. The van der Waals surface area contributed by atoms with E-state index in [9.17, 15) is 14.4 Å². The van der Waals surface area contributed by atoms with Crippen LogP contribution in [0.25, 0.3) is 10.2 Å². The van der Waals surface area contributed by atoms with Gasteiger partial charge >= 0.3 is 5.69 Å². The van der Waals surface area contributed by atoms with E-state index in [0.717, 1.165) is 10.4 Å². The third-order valence-corrected chi connectivity index (χ3v) is 5.44. The smallest absolute Gasteiger partial charge is 0.332 e. The van der Waals surface area contributed by atoms with E-state index in [2.05, 4.69) is 0 Å². The number of rotatable bonds is 3. The molecule has 2 aromatic rings. The lowest BCUT2D eigenvalue weighted by Gasteiger charge is -2.30. The maximum Gasteiger partial charge on any atom is 0.332 e. The average molecular weight is 351 g/mol. The molecule has 0 bridgehead atoms. The largest absolute Gasteiger partial charge is 0.370 e. The minimum Gasteiger partial charge on any atom is -0.370 e. The van der Waals surface area contributed by atoms with Gasteiger partial charge in [-0.2, -0.15) is 0 Å². The Hall–Kier alpha value is -1.93. The first kappa shape index (κ1) is 16.9. The number of carbonyl (C=O) groups excluding carboxylic acids is 1. The zero-order chi connectivity index (χ0) is 17.8. The number of thiophene rings is 1. The molecule has 8 heteroatoms. The number of carbonyl (C=O) groups is 1. The maximum absolute atomic E-state index is 13.0. The summed E-state index contributed by atoms with van der Waals surface area (Å²) in [4.78, 5) is 38.6. The van der Waals surface area contributed by atoms with Gasteiger partial charge in [-0.1, -0.05) is 0 Å². The highest BCUT2D eigenvalue weighted by Gasteiger charge is 2.32. The van der Waals surface area contributed by atoms with Gasteiger partial charge in [0.05, 0.1) is 17.6 Å². The topological polar surface area (TPSA) is 96.3 Å². The molecule has 0 aromatic carbocycles. The van der Waals surface area contributed by atoms with Gasteiger partial charge < -0.3 is 10.5 Å². The van der Waals surface area contributed by atoms with Crippen molar-refractivity contribution in [3.8, 4) is 0 Å². The number of hydrogen-bond donors (Lipinski definition) is 1. The van der Waals surface area contributed by atoms with E-state index in [1.165, 1.54) is 20.5 Å². The fraction of sp³-hybridized carbons (Fsp3) is 0.562. The number of nitrogens with two attached hydrogens (primary N) is 1. The zero-order valence-corrected chi connectivity index (χ0v) is 15.0. The Morgan fingerprint density at radius 2 is 2.04 bits per heavy atom. The molecule has 1 amide bonds. The van der Waals surface area contributed by atoms with Crippen LogP contribution >= 0.6 is 11.3 Å². The molecular formula is C16H21N3O4S. The Bertz CT molecular complexity index is 949. The molecule has 3 rings (SSSR count). The van der Waals surface area contributed by atoms with E-state index in [1.807, 2.05) is 13.8 Å². The monoisotopic (exact) mass is 351 g/mol. The Balaban J connectivity index is 2.43. The second-order valence-electron chi connectivity index (χ2n) is 7.01. The lowest BCUT2D eigenvalue weighted by Crippen LogP contribution is -2.42. The molecule has 2 N–H and O–H groups in total. The second kappa shape index (κ2) is 5.56. The predicted octanol–water partition coefficient (Wildman–Crippen LogP) is 1.14. The minimum atomic E-state index is -0.615. The van der Waals surface area contributed by atoms with E-state index in [0.29, 0.717) is 23.2 Å². The molecule has 2 aromatic heterocycles. The van der Waals surface area contributed by atoms with Gasteiger partial charge in [-0.25, -0.2) is 4.79 Å².